The van der Waals surface area contributed by atoms with Crippen LogP contribution in [0.25, 0.3) is 0 Å². The maximum absolute atomic E-state index is 12.1. The van der Waals surface area contributed by atoms with Crippen molar-refractivity contribution in [1.82, 2.24) is 0 Å². The molecule has 0 bridgehead atoms. The van der Waals surface area contributed by atoms with E-state index < -0.39 is 18.7 Å². The number of alkyl halides is 3. The summed E-state index contributed by atoms with van der Waals surface area (Å²) in [5, 5.41) is 9.08. The molecular formula is C9H7Cl2F3O. The summed E-state index contributed by atoms with van der Waals surface area (Å²) in [6.07, 6.45) is -7.75. The van der Waals surface area contributed by atoms with Gasteiger partial charge < -0.3 is 5.11 Å². The van der Waals surface area contributed by atoms with Gasteiger partial charge >= 0.3 is 6.18 Å². The zero-order chi connectivity index (χ0) is 11.6. The molecule has 0 aliphatic rings. The van der Waals surface area contributed by atoms with Crippen LogP contribution >= 0.6 is 23.2 Å². The van der Waals surface area contributed by atoms with Crippen LogP contribution in [0.4, 0.5) is 13.2 Å². The van der Waals surface area contributed by atoms with E-state index in [0.29, 0.717) is 0 Å². The van der Waals surface area contributed by atoms with E-state index in [0.717, 1.165) is 0 Å². The molecule has 0 aromatic heterocycles. The second-order valence-electron chi connectivity index (χ2n) is 2.96. The second-order valence-corrected chi connectivity index (χ2v) is 3.78. The maximum Gasteiger partial charge on any atom is 0.414 e. The molecule has 0 unspecified atom stereocenters. The zero-order valence-corrected chi connectivity index (χ0v) is 8.87. The molecule has 0 fully saturated rings. The minimum atomic E-state index is -4.66. The van der Waals surface area contributed by atoms with Crippen LogP contribution in [0, 0.1) is 0 Å². The topological polar surface area (TPSA) is 20.2 Å². The first-order valence-electron chi connectivity index (χ1n) is 4.00. The van der Waals surface area contributed by atoms with Gasteiger partial charge in [0, 0.05) is 16.5 Å². The summed E-state index contributed by atoms with van der Waals surface area (Å²) in [4.78, 5) is 0. The third kappa shape index (κ3) is 3.26. The predicted octanol–water partition coefficient (Wildman–Crippen LogP) is 3.46. The summed E-state index contributed by atoms with van der Waals surface area (Å²) in [7, 11) is 0. The summed E-state index contributed by atoms with van der Waals surface area (Å²) in [6.45, 7) is 0. The van der Waals surface area contributed by atoms with Gasteiger partial charge in [-0.1, -0.05) is 29.3 Å². The molecule has 0 aliphatic heterocycles. The van der Waals surface area contributed by atoms with E-state index in [9.17, 15) is 13.2 Å². The Morgan fingerprint density at radius 3 is 2.07 bits per heavy atom. The molecule has 0 heterocycles. The van der Waals surface area contributed by atoms with Crippen molar-refractivity contribution in [2.24, 2.45) is 0 Å². The number of hydrogen-bond acceptors (Lipinski definition) is 1. The fraction of sp³-hybridized carbons (Fsp3) is 0.333. The number of benzene rings is 1. The zero-order valence-electron chi connectivity index (χ0n) is 7.35. The van der Waals surface area contributed by atoms with Gasteiger partial charge in [0.05, 0.1) is 0 Å². The van der Waals surface area contributed by atoms with Gasteiger partial charge in [0.2, 0.25) is 0 Å². The van der Waals surface area contributed by atoms with Crippen LogP contribution in [0.3, 0.4) is 0 Å². The molecule has 0 saturated carbocycles. The molecule has 1 rings (SSSR count). The SMILES string of the molecule is O[C@@H](Cc1c(Cl)cccc1Cl)C(F)(F)F. The summed E-state index contributed by atoms with van der Waals surface area (Å²) in [6, 6.07) is 4.37. The van der Waals surface area contributed by atoms with E-state index in [1.807, 2.05) is 0 Å². The van der Waals surface area contributed by atoms with Gasteiger partial charge in [-0.05, 0) is 17.7 Å². The van der Waals surface area contributed by atoms with Gasteiger partial charge in [-0.2, -0.15) is 13.2 Å². The molecule has 84 valence electrons. The number of hydrogen-bond donors (Lipinski definition) is 1. The highest BCUT2D eigenvalue weighted by molar-refractivity contribution is 6.35. The molecule has 0 aliphatic carbocycles. The fourth-order valence-corrected chi connectivity index (χ4v) is 1.59. The third-order valence-corrected chi connectivity index (χ3v) is 2.55. The lowest BCUT2D eigenvalue weighted by Gasteiger charge is -2.15. The summed E-state index contributed by atoms with van der Waals surface area (Å²) >= 11 is 11.3. The van der Waals surface area contributed by atoms with E-state index in [1.165, 1.54) is 18.2 Å². The highest BCUT2D eigenvalue weighted by atomic mass is 35.5. The van der Waals surface area contributed by atoms with E-state index in [4.69, 9.17) is 28.3 Å². The van der Waals surface area contributed by atoms with E-state index >= 15 is 0 Å². The van der Waals surface area contributed by atoms with Crippen LogP contribution in [0.1, 0.15) is 5.56 Å². The minimum absolute atomic E-state index is 0.102. The van der Waals surface area contributed by atoms with Crippen molar-refractivity contribution >= 4 is 23.2 Å². The molecule has 6 heteroatoms. The predicted molar refractivity (Wildman–Crippen MR) is 52.2 cm³/mol. The fourth-order valence-electron chi connectivity index (χ4n) is 1.04. The lowest BCUT2D eigenvalue weighted by Crippen LogP contribution is -2.30. The van der Waals surface area contributed by atoms with Gasteiger partial charge in [-0.15, -0.1) is 0 Å². The minimum Gasteiger partial charge on any atom is -0.383 e. The molecule has 0 saturated heterocycles. The third-order valence-electron chi connectivity index (χ3n) is 1.84. The van der Waals surface area contributed by atoms with Crippen LogP contribution in [-0.2, 0) is 6.42 Å². The lowest BCUT2D eigenvalue weighted by atomic mass is 10.1. The van der Waals surface area contributed by atoms with Crippen molar-refractivity contribution in [2.45, 2.75) is 18.7 Å². The van der Waals surface area contributed by atoms with Crippen molar-refractivity contribution in [2.75, 3.05) is 0 Å². The van der Waals surface area contributed by atoms with Gasteiger partial charge in [-0.3, -0.25) is 0 Å². The molecule has 0 radical (unpaired) electrons. The normalized spacial score (nSPS) is 14.0. The Bertz CT molecular complexity index is 331. The number of rotatable bonds is 2. The van der Waals surface area contributed by atoms with Crippen molar-refractivity contribution in [3.05, 3.63) is 33.8 Å². The van der Waals surface area contributed by atoms with Crippen molar-refractivity contribution in [3.63, 3.8) is 0 Å². The summed E-state index contributed by atoms with van der Waals surface area (Å²) in [5.41, 5.74) is 0.102. The molecule has 0 amide bonds. The Hall–Kier alpha value is -0.450. The summed E-state index contributed by atoms with van der Waals surface area (Å²) < 4.78 is 36.2. The Kier molecular flexibility index (Phi) is 3.87. The van der Waals surface area contributed by atoms with Gasteiger partial charge in [0.25, 0.3) is 0 Å². The highest BCUT2D eigenvalue weighted by Crippen LogP contribution is 2.29. The smallest absolute Gasteiger partial charge is 0.383 e. The Morgan fingerprint density at radius 1 is 1.20 bits per heavy atom. The first kappa shape index (κ1) is 12.6. The molecule has 1 nitrogen and oxygen atoms in total. The molecule has 1 aromatic carbocycles. The molecule has 1 atom stereocenters. The average Bonchev–Trinajstić information content (AvgIpc) is 2.09. The number of aliphatic hydroxyl groups is 1. The standard InChI is InChI=1S/C9H7Cl2F3O/c10-6-2-1-3-7(11)5(6)4-8(15)9(12,13)14/h1-3,8,15H,4H2/t8-/m0/s1. The van der Waals surface area contributed by atoms with Gasteiger partial charge in [0.15, 0.2) is 6.10 Å². The molecule has 15 heavy (non-hydrogen) atoms. The van der Waals surface area contributed by atoms with Gasteiger partial charge in [-0.25, -0.2) is 0 Å². The number of aliphatic hydroxyl groups excluding tert-OH is 1. The molecule has 1 aromatic rings. The second kappa shape index (κ2) is 4.60. The van der Waals surface area contributed by atoms with Crippen LogP contribution in [-0.4, -0.2) is 17.4 Å². The monoisotopic (exact) mass is 258 g/mol. The Labute approximate surface area is 94.4 Å². The van der Waals surface area contributed by atoms with Crippen LogP contribution in [0.15, 0.2) is 18.2 Å². The van der Waals surface area contributed by atoms with Crippen molar-refractivity contribution < 1.29 is 18.3 Å². The molecular weight excluding hydrogens is 252 g/mol. The van der Waals surface area contributed by atoms with Crippen molar-refractivity contribution in [3.8, 4) is 0 Å². The first-order chi connectivity index (χ1) is 6.82. The van der Waals surface area contributed by atoms with Crippen LogP contribution in [0.5, 0.6) is 0 Å². The lowest BCUT2D eigenvalue weighted by molar-refractivity contribution is -0.203. The highest BCUT2D eigenvalue weighted by Gasteiger charge is 2.38. The van der Waals surface area contributed by atoms with E-state index in [2.05, 4.69) is 0 Å². The molecule has 1 N–H and O–H groups in total. The van der Waals surface area contributed by atoms with Gasteiger partial charge in [0.1, 0.15) is 0 Å². The number of halogens is 5. The average molecular weight is 259 g/mol. The Morgan fingerprint density at radius 2 is 1.67 bits per heavy atom. The quantitative estimate of drug-likeness (QED) is 0.862. The van der Waals surface area contributed by atoms with Crippen molar-refractivity contribution in [1.29, 1.82) is 0 Å². The largest absolute Gasteiger partial charge is 0.414 e. The van der Waals surface area contributed by atoms with E-state index in [-0.39, 0.29) is 15.6 Å². The van der Waals surface area contributed by atoms with E-state index in [1.54, 1.807) is 0 Å². The summed E-state index contributed by atoms with van der Waals surface area (Å²) in [5.74, 6) is 0. The first-order valence-corrected chi connectivity index (χ1v) is 4.75. The van der Waals surface area contributed by atoms with Crippen LogP contribution in [0.2, 0.25) is 10.0 Å². The maximum atomic E-state index is 12.1. The van der Waals surface area contributed by atoms with Crippen LogP contribution < -0.4 is 0 Å². The Balaban J connectivity index is 2.90. The molecule has 0 spiro atoms.